The molecule has 0 aromatic heterocycles. The van der Waals surface area contributed by atoms with E-state index in [0.29, 0.717) is 25.5 Å². The van der Waals surface area contributed by atoms with E-state index in [1.54, 1.807) is 7.11 Å². The lowest BCUT2D eigenvalue weighted by Crippen LogP contribution is -2.32. The lowest BCUT2D eigenvalue weighted by Gasteiger charge is -2.31. The van der Waals surface area contributed by atoms with Crippen molar-refractivity contribution in [2.75, 3.05) is 20.3 Å². The van der Waals surface area contributed by atoms with Crippen molar-refractivity contribution in [1.29, 1.82) is 0 Å². The van der Waals surface area contributed by atoms with Crippen molar-refractivity contribution < 1.29 is 9.84 Å². The molecule has 0 aliphatic heterocycles. The summed E-state index contributed by atoms with van der Waals surface area (Å²) in [5.41, 5.74) is 6.98. The molecule has 0 spiro atoms. The van der Waals surface area contributed by atoms with Crippen molar-refractivity contribution in [3.05, 3.63) is 35.4 Å². The molecular weight excluding hydrogens is 238 g/mol. The summed E-state index contributed by atoms with van der Waals surface area (Å²) in [6.07, 6.45) is 5.31. The quantitative estimate of drug-likeness (QED) is 0.795. The van der Waals surface area contributed by atoms with Crippen LogP contribution in [0.5, 0.6) is 0 Å². The van der Waals surface area contributed by atoms with E-state index in [-0.39, 0.29) is 0 Å². The van der Waals surface area contributed by atoms with Crippen molar-refractivity contribution in [3.8, 4) is 0 Å². The molecule has 19 heavy (non-hydrogen) atoms. The van der Waals surface area contributed by atoms with E-state index in [0.717, 1.165) is 12.0 Å². The van der Waals surface area contributed by atoms with Crippen LogP contribution in [0.4, 0.5) is 0 Å². The van der Waals surface area contributed by atoms with Gasteiger partial charge in [-0.15, -0.1) is 0 Å². The highest BCUT2D eigenvalue weighted by Gasteiger charge is 2.30. The zero-order valence-electron chi connectivity index (χ0n) is 11.8. The number of rotatable bonds is 7. The Morgan fingerprint density at radius 3 is 2.79 bits per heavy atom. The smallest absolute Gasteiger partial charge is 0.113 e. The lowest BCUT2D eigenvalue weighted by molar-refractivity contribution is -0.0430. The van der Waals surface area contributed by atoms with E-state index >= 15 is 0 Å². The van der Waals surface area contributed by atoms with E-state index in [4.69, 9.17) is 10.5 Å². The molecule has 1 saturated carbocycles. The van der Waals surface area contributed by atoms with Gasteiger partial charge in [-0.2, -0.15) is 0 Å². The molecule has 1 aromatic carbocycles. The number of hydrogen-bond donors (Lipinski definition) is 2. The highest BCUT2D eigenvalue weighted by atomic mass is 16.5. The molecule has 0 bridgehead atoms. The minimum Gasteiger partial charge on any atom is -0.383 e. The number of benzene rings is 1. The Bertz CT molecular complexity index is 403. The highest BCUT2D eigenvalue weighted by molar-refractivity contribution is 5.31. The molecule has 0 heterocycles. The largest absolute Gasteiger partial charge is 0.383 e. The van der Waals surface area contributed by atoms with Crippen LogP contribution in [0.2, 0.25) is 0 Å². The molecule has 1 aliphatic carbocycles. The molecular formula is C16H25NO2. The van der Waals surface area contributed by atoms with E-state index in [9.17, 15) is 5.11 Å². The summed E-state index contributed by atoms with van der Waals surface area (Å²) in [7, 11) is 1.63. The average Bonchev–Trinajstić information content (AvgIpc) is 2.35. The minimum atomic E-state index is -0.909. The molecule has 1 atom stereocenters. The summed E-state index contributed by atoms with van der Waals surface area (Å²) in [6.45, 7) is 0.912. The first-order chi connectivity index (χ1) is 9.19. The maximum Gasteiger partial charge on any atom is 0.113 e. The molecule has 106 valence electrons. The van der Waals surface area contributed by atoms with E-state index in [1.807, 2.05) is 12.1 Å². The Morgan fingerprint density at radius 1 is 1.42 bits per heavy atom. The van der Waals surface area contributed by atoms with Crippen molar-refractivity contribution in [2.24, 2.45) is 5.73 Å². The summed E-state index contributed by atoms with van der Waals surface area (Å²) >= 11 is 0. The fraction of sp³-hybridized carbons (Fsp3) is 0.625. The summed E-state index contributed by atoms with van der Waals surface area (Å²) in [5, 5.41) is 10.8. The summed E-state index contributed by atoms with van der Waals surface area (Å²) in [4.78, 5) is 0. The third kappa shape index (κ3) is 3.35. The van der Waals surface area contributed by atoms with Crippen LogP contribution < -0.4 is 5.73 Å². The molecule has 1 aliphatic rings. The van der Waals surface area contributed by atoms with Crippen LogP contribution in [0.3, 0.4) is 0 Å². The molecule has 3 heteroatoms. The van der Waals surface area contributed by atoms with Crippen molar-refractivity contribution >= 4 is 0 Å². The summed E-state index contributed by atoms with van der Waals surface area (Å²) in [5.74, 6) is 0.682. The lowest BCUT2D eigenvalue weighted by atomic mass is 9.78. The first-order valence-corrected chi connectivity index (χ1v) is 7.21. The van der Waals surface area contributed by atoms with Gasteiger partial charge in [0.15, 0.2) is 0 Å². The summed E-state index contributed by atoms with van der Waals surface area (Å²) in [6, 6.07) is 8.37. The predicted octanol–water partition coefficient (Wildman–Crippen LogP) is 2.53. The van der Waals surface area contributed by atoms with Gasteiger partial charge in [-0.1, -0.05) is 30.7 Å². The second kappa shape index (κ2) is 6.51. The topological polar surface area (TPSA) is 55.5 Å². The van der Waals surface area contributed by atoms with E-state index in [2.05, 4.69) is 12.1 Å². The molecule has 1 aromatic rings. The predicted molar refractivity (Wildman–Crippen MR) is 77.1 cm³/mol. The monoisotopic (exact) mass is 263 g/mol. The highest BCUT2D eigenvalue weighted by Crippen LogP contribution is 2.38. The Labute approximate surface area is 115 Å². The zero-order chi connectivity index (χ0) is 13.7. The Morgan fingerprint density at radius 2 is 2.21 bits per heavy atom. The zero-order valence-corrected chi connectivity index (χ0v) is 11.8. The molecule has 2 rings (SSSR count). The molecule has 0 saturated heterocycles. The molecule has 3 N–H and O–H groups in total. The van der Waals surface area contributed by atoms with Crippen molar-refractivity contribution in [2.45, 2.75) is 43.6 Å². The van der Waals surface area contributed by atoms with Gasteiger partial charge in [0, 0.05) is 7.11 Å². The fourth-order valence-electron chi connectivity index (χ4n) is 2.76. The Balaban J connectivity index is 2.19. The van der Waals surface area contributed by atoms with Gasteiger partial charge < -0.3 is 15.6 Å². The van der Waals surface area contributed by atoms with Crippen LogP contribution >= 0.6 is 0 Å². The van der Waals surface area contributed by atoms with Crippen LogP contribution in [0, 0.1) is 0 Å². The second-order valence-electron chi connectivity index (χ2n) is 5.61. The van der Waals surface area contributed by atoms with E-state index < -0.39 is 5.60 Å². The van der Waals surface area contributed by atoms with Crippen LogP contribution in [-0.4, -0.2) is 25.4 Å². The Hall–Kier alpha value is -0.900. The van der Waals surface area contributed by atoms with Gasteiger partial charge in [0.25, 0.3) is 0 Å². The van der Waals surface area contributed by atoms with Gasteiger partial charge in [0.1, 0.15) is 5.60 Å². The first-order valence-electron chi connectivity index (χ1n) is 7.21. The first kappa shape index (κ1) is 14.5. The summed E-state index contributed by atoms with van der Waals surface area (Å²) < 4.78 is 5.21. The fourth-order valence-corrected chi connectivity index (χ4v) is 2.76. The van der Waals surface area contributed by atoms with Crippen molar-refractivity contribution in [1.82, 2.24) is 0 Å². The third-order valence-corrected chi connectivity index (χ3v) is 4.18. The second-order valence-corrected chi connectivity index (χ2v) is 5.61. The van der Waals surface area contributed by atoms with Gasteiger partial charge in [-0.25, -0.2) is 0 Å². The maximum atomic E-state index is 10.8. The average molecular weight is 263 g/mol. The van der Waals surface area contributed by atoms with Gasteiger partial charge in [0.2, 0.25) is 0 Å². The van der Waals surface area contributed by atoms with Crippen LogP contribution in [0.25, 0.3) is 0 Å². The standard InChI is InChI=1S/C16H25NO2/c1-19-12-16(18,9-4-10-17)15-8-3-7-14(11-15)13-5-2-6-13/h3,7-8,11,13,18H,2,4-6,9-10,12,17H2,1H3. The molecule has 0 amide bonds. The molecule has 1 unspecified atom stereocenters. The normalized spacial score (nSPS) is 18.9. The van der Waals surface area contributed by atoms with Gasteiger partial charge in [-0.3, -0.25) is 0 Å². The number of nitrogens with two attached hydrogens (primary N) is 1. The molecule has 0 radical (unpaired) electrons. The van der Waals surface area contributed by atoms with E-state index in [1.165, 1.54) is 24.8 Å². The van der Waals surface area contributed by atoms with Gasteiger partial charge in [-0.05, 0) is 49.3 Å². The van der Waals surface area contributed by atoms with Crippen LogP contribution in [0.1, 0.15) is 49.1 Å². The number of methoxy groups -OCH3 is 1. The van der Waals surface area contributed by atoms with Crippen LogP contribution in [0.15, 0.2) is 24.3 Å². The number of ether oxygens (including phenoxy) is 1. The van der Waals surface area contributed by atoms with Gasteiger partial charge in [0.05, 0.1) is 6.61 Å². The van der Waals surface area contributed by atoms with Crippen molar-refractivity contribution in [3.63, 3.8) is 0 Å². The maximum absolute atomic E-state index is 10.8. The SMILES string of the molecule is COCC(O)(CCCN)c1cccc(C2CCC2)c1. The molecule has 3 nitrogen and oxygen atoms in total. The third-order valence-electron chi connectivity index (χ3n) is 4.18. The van der Waals surface area contributed by atoms with Crippen LogP contribution in [-0.2, 0) is 10.3 Å². The molecule has 1 fully saturated rings. The minimum absolute atomic E-state index is 0.321. The van der Waals surface area contributed by atoms with Gasteiger partial charge >= 0.3 is 0 Å². The Kier molecular flexibility index (Phi) is 4.97. The number of aliphatic hydroxyl groups is 1. The number of hydrogen-bond acceptors (Lipinski definition) is 3.